The molecule has 146 valence electrons. The molecule has 0 saturated carbocycles. The summed E-state index contributed by atoms with van der Waals surface area (Å²) in [5.74, 6) is -0.403. The third kappa shape index (κ3) is 3.53. The fourth-order valence-corrected chi connectivity index (χ4v) is 4.42. The maximum atomic E-state index is 12.7. The van der Waals surface area contributed by atoms with E-state index in [2.05, 4.69) is 15.3 Å². The quantitative estimate of drug-likeness (QED) is 0.782. The van der Waals surface area contributed by atoms with Crippen LogP contribution in [0.2, 0.25) is 5.02 Å². The predicted molar refractivity (Wildman–Crippen MR) is 94.5 cm³/mol. The zero-order chi connectivity index (χ0) is 20.1. The van der Waals surface area contributed by atoms with Gasteiger partial charge in [0.1, 0.15) is 16.0 Å². The number of fused-ring (bicyclic) bond motifs is 1. The lowest BCUT2D eigenvalue weighted by atomic mass is 10.0. The Labute approximate surface area is 165 Å². The Morgan fingerprint density at radius 1 is 1.21 bits per heavy atom. The van der Waals surface area contributed by atoms with Crippen LogP contribution in [0.4, 0.5) is 18.0 Å². The highest BCUT2D eigenvalue weighted by Crippen LogP contribution is 2.42. The molecule has 2 amide bonds. The molecule has 11 heteroatoms. The van der Waals surface area contributed by atoms with Crippen LogP contribution < -0.4 is 10.1 Å². The number of hydrogen-bond acceptors (Lipinski definition) is 6. The van der Waals surface area contributed by atoms with E-state index in [1.807, 2.05) is 0 Å². The summed E-state index contributed by atoms with van der Waals surface area (Å²) in [6.07, 6.45) is -1.22. The van der Waals surface area contributed by atoms with E-state index >= 15 is 0 Å². The van der Waals surface area contributed by atoms with Crippen LogP contribution in [-0.2, 0) is 17.4 Å². The molecule has 3 heterocycles. The first-order valence-corrected chi connectivity index (χ1v) is 9.39. The van der Waals surface area contributed by atoms with Gasteiger partial charge in [-0.05, 0) is 30.5 Å². The highest BCUT2D eigenvalue weighted by Gasteiger charge is 2.42. The number of carbonyl (C=O) groups excluding carboxylic acids is 2. The van der Waals surface area contributed by atoms with Gasteiger partial charge in [-0.2, -0.15) is 13.2 Å². The van der Waals surface area contributed by atoms with Crippen molar-refractivity contribution in [1.29, 1.82) is 0 Å². The van der Waals surface area contributed by atoms with Crippen LogP contribution >= 0.6 is 23.4 Å². The van der Waals surface area contributed by atoms with E-state index in [1.165, 1.54) is 6.20 Å². The number of rotatable bonds is 3. The first-order valence-electron chi connectivity index (χ1n) is 8.13. The third-order valence-corrected chi connectivity index (χ3v) is 5.87. The summed E-state index contributed by atoms with van der Waals surface area (Å²) >= 11 is 6.81. The number of ether oxygens (including phenoxy) is 1. The second kappa shape index (κ2) is 6.93. The highest BCUT2D eigenvalue weighted by molar-refractivity contribution is 8.15. The van der Waals surface area contributed by atoms with Crippen LogP contribution in [0.1, 0.15) is 29.2 Å². The highest BCUT2D eigenvalue weighted by atomic mass is 35.5. The van der Waals surface area contributed by atoms with E-state index in [4.69, 9.17) is 16.3 Å². The van der Waals surface area contributed by atoms with Crippen molar-refractivity contribution < 1.29 is 27.5 Å². The number of amides is 2. The van der Waals surface area contributed by atoms with Crippen LogP contribution in [0.5, 0.6) is 11.6 Å². The lowest BCUT2D eigenvalue weighted by Gasteiger charge is -2.15. The molecule has 28 heavy (non-hydrogen) atoms. The molecule has 0 radical (unpaired) electrons. The van der Waals surface area contributed by atoms with E-state index in [1.54, 1.807) is 6.07 Å². The normalized spacial score (nSPS) is 21.6. The van der Waals surface area contributed by atoms with Crippen molar-refractivity contribution in [2.24, 2.45) is 0 Å². The topological polar surface area (TPSA) is 81.2 Å². The Morgan fingerprint density at radius 2 is 2.00 bits per heavy atom. The number of nitrogens with one attached hydrogen (secondary N) is 1. The summed E-state index contributed by atoms with van der Waals surface area (Å²) in [7, 11) is 0. The summed E-state index contributed by atoms with van der Waals surface area (Å²) in [4.78, 5) is 31.3. The van der Waals surface area contributed by atoms with Gasteiger partial charge < -0.3 is 4.74 Å². The Morgan fingerprint density at radius 3 is 2.64 bits per heavy atom. The standard InChI is InChI=1S/C17H11ClF3N3O3S/c18-11-4-8(17(19,20)21)5-23-15(11)27-9-3-7-1-2-10(12(7)22-6-9)13-14(25)24-16(26)28-13/h3-6,10,13H,1-2H2,(H,24,25,26)/t10-,13?/m0/s1. The molecule has 0 bridgehead atoms. The van der Waals surface area contributed by atoms with Crippen LogP contribution in [0.3, 0.4) is 0 Å². The molecule has 4 rings (SSSR count). The molecule has 6 nitrogen and oxygen atoms in total. The van der Waals surface area contributed by atoms with Gasteiger partial charge in [0.2, 0.25) is 11.8 Å². The van der Waals surface area contributed by atoms with Crippen molar-refractivity contribution in [1.82, 2.24) is 15.3 Å². The van der Waals surface area contributed by atoms with Gasteiger partial charge in [-0.15, -0.1) is 0 Å². The summed E-state index contributed by atoms with van der Waals surface area (Å²) in [6.45, 7) is 0. The Hall–Kier alpha value is -2.33. The number of pyridine rings is 2. The van der Waals surface area contributed by atoms with Crippen molar-refractivity contribution in [3.05, 3.63) is 46.4 Å². The summed E-state index contributed by atoms with van der Waals surface area (Å²) in [6, 6.07) is 2.44. The lowest BCUT2D eigenvalue weighted by Crippen LogP contribution is -2.28. The molecular formula is C17H11ClF3N3O3S. The zero-order valence-corrected chi connectivity index (χ0v) is 15.5. The molecule has 1 aliphatic carbocycles. The van der Waals surface area contributed by atoms with Crippen molar-refractivity contribution in [3.63, 3.8) is 0 Å². The Bertz CT molecular complexity index is 986. The largest absolute Gasteiger partial charge is 0.436 e. The first-order chi connectivity index (χ1) is 13.2. The zero-order valence-electron chi connectivity index (χ0n) is 13.9. The van der Waals surface area contributed by atoms with Crippen molar-refractivity contribution >= 4 is 34.5 Å². The fourth-order valence-electron chi connectivity index (χ4n) is 3.23. The molecule has 2 aromatic rings. The van der Waals surface area contributed by atoms with Gasteiger partial charge in [-0.1, -0.05) is 23.4 Å². The molecule has 2 aliphatic rings. The van der Waals surface area contributed by atoms with Gasteiger partial charge in [0.05, 0.1) is 11.8 Å². The number of nitrogens with zero attached hydrogens (tertiary/aromatic N) is 2. The van der Waals surface area contributed by atoms with Gasteiger partial charge >= 0.3 is 6.18 Å². The van der Waals surface area contributed by atoms with Crippen LogP contribution in [0.25, 0.3) is 0 Å². The number of hydrogen-bond donors (Lipinski definition) is 1. The second-order valence-electron chi connectivity index (χ2n) is 6.29. The SMILES string of the molecule is O=C1NC(=O)C([C@H]2CCc3cc(Oc4ncc(C(F)(F)F)cc4Cl)cnc32)S1. The molecule has 0 spiro atoms. The number of aromatic nitrogens is 2. The maximum absolute atomic E-state index is 12.7. The van der Waals surface area contributed by atoms with E-state index in [0.29, 0.717) is 24.7 Å². The lowest BCUT2D eigenvalue weighted by molar-refractivity contribution is -0.137. The number of alkyl halides is 3. The van der Waals surface area contributed by atoms with E-state index < -0.39 is 17.0 Å². The summed E-state index contributed by atoms with van der Waals surface area (Å²) in [5.41, 5.74) is 0.584. The van der Waals surface area contributed by atoms with E-state index in [9.17, 15) is 22.8 Å². The van der Waals surface area contributed by atoms with Gasteiger partial charge in [-0.25, -0.2) is 4.98 Å². The smallest absolute Gasteiger partial charge is 0.417 e. The molecule has 0 aromatic carbocycles. The van der Waals surface area contributed by atoms with E-state index in [-0.39, 0.29) is 33.7 Å². The number of imide groups is 1. The Kier molecular flexibility index (Phi) is 4.70. The minimum Gasteiger partial charge on any atom is -0.436 e. The first kappa shape index (κ1) is 19.0. The van der Waals surface area contributed by atoms with Gasteiger partial charge in [0.25, 0.3) is 5.24 Å². The minimum absolute atomic E-state index is 0.165. The fraction of sp³-hybridized carbons (Fsp3) is 0.294. The molecule has 1 unspecified atom stereocenters. The third-order valence-electron chi connectivity index (χ3n) is 4.48. The Balaban J connectivity index is 1.54. The predicted octanol–water partition coefficient (Wildman–Crippen LogP) is 4.32. The van der Waals surface area contributed by atoms with E-state index in [0.717, 1.165) is 23.4 Å². The monoisotopic (exact) mass is 429 g/mol. The molecule has 2 atom stereocenters. The molecule has 2 aromatic heterocycles. The summed E-state index contributed by atoms with van der Waals surface area (Å²) in [5, 5.41) is 1.11. The second-order valence-corrected chi connectivity index (χ2v) is 7.81. The van der Waals surface area contributed by atoms with Gasteiger partial charge in [-0.3, -0.25) is 19.9 Å². The van der Waals surface area contributed by atoms with Crippen molar-refractivity contribution in [2.75, 3.05) is 0 Å². The maximum Gasteiger partial charge on any atom is 0.417 e. The summed E-state index contributed by atoms with van der Waals surface area (Å²) < 4.78 is 43.6. The number of thioether (sulfide) groups is 1. The van der Waals surface area contributed by atoms with Gasteiger partial charge in [0.15, 0.2) is 0 Å². The van der Waals surface area contributed by atoms with Crippen LogP contribution in [0, 0.1) is 0 Å². The van der Waals surface area contributed by atoms with Crippen molar-refractivity contribution in [3.8, 4) is 11.6 Å². The number of aryl methyl sites for hydroxylation is 1. The molecule has 1 N–H and O–H groups in total. The number of carbonyl (C=O) groups is 2. The average Bonchev–Trinajstić information content (AvgIpc) is 3.17. The molecule has 1 saturated heterocycles. The van der Waals surface area contributed by atoms with Crippen LogP contribution in [0.15, 0.2) is 24.5 Å². The van der Waals surface area contributed by atoms with Gasteiger partial charge in [0, 0.05) is 17.8 Å². The van der Waals surface area contributed by atoms with Crippen LogP contribution in [-0.4, -0.2) is 26.4 Å². The average molecular weight is 430 g/mol. The van der Waals surface area contributed by atoms with Crippen molar-refractivity contribution in [2.45, 2.75) is 30.2 Å². The molecular weight excluding hydrogens is 419 g/mol. The molecule has 1 aliphatic heterocycles. The molecule has 1 fully saturated rings. The minimum atomic E-state index is -4.55. The number of halogens is 4.